The number of aliphatic hydroxyl groups excluding tert-OH is 1. The third kappa shape index (κ3) is 3.77. The van der Waals surface area contributed by atoms with Gasteiger partial charge in [0.05, 0.1) is 12.5 Å². The third-order valence-electron chi connectivity index (χ3n) is 4.72. The molecule has 1 aromatic rings. The molecule has 2 fully saturated rings. The number of ether oxygens (including phenoxy) is 1. The van der Waals surface area contributed by atoms with Gasteiger partial charge in [0.2, 0.25) is 0 Å². The molecule has 3 nitrogen and oxygen atoms in total. The van der Waals surface area contributed by atoms with E-state index < -0.39 is 6.10 Å². The Morgan fingerprint density at radius 1 is 1.14 bits per heavy atom. The van der Waals surface area contributed by atoms with E-state index in [1.807, 2.05) is 12.1 Å². The Kier molecular flexibility index (Phi) is 4.94. The average molecular weight is 300 g/mol. The van der Waals surface area contributed by atoms with Crippen molar-refractivity contribution >= 4 is 12.0 Å². The van der Waals surface area contributed by atoms with E-state index in [1.165, 1.54) is 43.2 Å². The Morgan fingerprint density at radius 2 is 1.91 bits per heavy atom. The van der Waals surface area contributed by atoms with Crippen molar-refractivity contribution in [2.45, 2.75) is 63.1 Å². The predicted molar refractivity (Wildman–Crippen MR) is 86.4 cm³/mol. The molecule has 1 saturated carbocycles. The topological polar surface area (TPSA) is 46.5 Å². The molecule has 1 aliphatic heterocycles. The first-order valence-corrected chi connectivity index (χ1v) is 8.37. The molecule has 0 spiro atoms. The summed E-state index contributed by atoms with van der Waals surface area (Å²) in [5, 5.41) is 9.67. The Labute approximate surface area is 132 Å². The van der Waals surface area contributed by atoms with Crippen LogP contribution in [0.15, 0.2) is 30.3 Å². The lowest BCUT2D eigenvalue weighted by molar-refractivity contribution is -0.156. The maximum Gasteiger partial charge on any atom is 0.309 e. The van der Waals surface area contributed by atoms with E-state index in [0.717, 1.165) is 0 Å². The van der Waals surface area contributed by atoms with Crippen molar-refractivity contribution in [1.82, 2.24) is 0 Å². The van der Waals surface area contributed by atoms with Gasteiger partial charge in [0.25, 0.3) is 0 Å². The van der Waals surface area contributed by atoms with Gasteiger partial charge in [0, 0.05) is 6.42 Å². The molecule has 1 aliphatic carbocycles. The molecule has 1 heterocycles. The van der Waals surface area contributed by atoms with E-state index in [0.29, 0.717) is 12.3 Å². The number of carbonyl (C=O) groups excluding carboxylic acids is 1. The van der Waals surface area contributed by atoms with Crippen LogP contribution in [-0.2, 0) is 9.53 Å². The zero-order valence-corrected chi connectivity index (χ0v) is 12.9. The SMILES string of the molecule is O=C1CC(O)CC(C=Cc2ccccc2C2CCCCC2)O1. The Balaban J connectivity index is 1.74. The van der Waals surface area contributed by atoms with E-state index in [1.54, 1.807) is 0 Å². The van der Waals surface area contributed by atoms with Gasteiger partial charge >= 0.3 is 5.97 Å². The molecule has 1 N–H and O–H groups in total. The van der Waals surface area contributed by atoms with Gasteiger partial charge in [-0.1, -0.05) is 49.6 Å². The summed E-state index contributed by atoms with van der Waals surface area (Å²) in [6.45, 7) is 0. The number of carbonyl (C=O) groups is 1. The molecule has 0 bridgehead atoms. The normalized spacial score (nSPS) is 27.0. The number of benzene rings is 1. The molecule has 1 saturated heterocycles. The van der Waals surface area contributed by atoms with Crippen molar-refractivity contribution in [3.8, 4) is 0 Å². The summed E-state index contributed by atoms with van der Waals surface area (Å²) in [4.78, 5) is 11.4. The van der Waals surface area contributed by atoms with E-state index in [-0.39, 0.29) is 18.5 Å². The molecular weight excluding hydrogens is 276 g/mol. The quantitative estimate of drug-likeness (QED) is 0.863. The first-order chi connectivity index (χ1) is 10.7. The predicted octanol–water partition coefficient (Wildman–Crippen LogP) is 3.81. The number of cyclic esters (lactones) is 1. The van der Waals surface area contributed by atoms with Gasteiger partial charge in [0.1, 0.15) is 6.10 Å². The molecular formula is C19H24O3. The number of aliphatic hydroxyl groups is 1. The minimum absolute atomic E-state index is 0.114. The minimum Gasteiger partial charge on any atom is -0.458 e. The smallest absolute Gasteiger partial charge is 0.309 e. The van der Waals surface area contributed by atoms with Crippen LogP contribution >= 0.6 is 0 Å². The standard InChI is InChI=1S/C19H24O3/c20-16-12-17(22-19(21)13-16)11-10-15-8-4-5-9-18(15)14-6-2-1-3-7-14/h4-5,8-11,14,16-17,20H,1-3,6-7,12-13H2. The van der Waals surface area contributed by atoms with Crippen LogP contribution in [0.3, 0.4) is 0 Å². The van der Waals surface area contributed by atoms with E-state index in [2.05, 4.69) is 24.3 Å². The van der Waals surface area contributed by atoms with Gasteiger partial charge < -0.3 is 9.84 Å². The van der Waals surface area contributed by atoms with Gasteiger partial charge in [-0.25, -0.2) is 0 Å². The third-order valence-corrected chi connectivity index (χ3v) is 4.72. The van der Waals surface area contributed by atoms with Crippen LogP contribution < -0.4 is 0 Å². The van der Waals surface area contributed by atoms with Crippen LogP contribution in [-0.4, -0.2) is 23.3 Å². The van der Waals surface area contributed by atoms with Crippen molar-refractivity contribution in [2.75, 3.05) is 0 Å². The van der Waals surface area contributed by atoms with Crippen molar-refractivity contribution in [3.05, 3.63) is 41.5 Å². The van der Waals surface area contributed by atoms with Crippen LogP contribution in [0.5, 0.6) is 0 Å². The second kappa shape index (κ2) is 7.10. The van der Waals surface area contributed by atoms with Gasteiger partial charge in [0.15, 0.2) is 0 Å². The molecule has 2 atom stereocenters. The highest BCUT2D eigenvalue weighted by molar-refractivity contribution is 5.71. The summed E-state index contributed by atoms with van der Waals surface area (Å²) in [6.07, 6.45) is 10.2. The second-order valence-electron chi connectivity index (χ2n) is 6.44. The van der Waals surface area contributed by atoms with E-state index >= 15 is 0 Å². The van der Waals surface area contributed by atoms with Crippen molar-refractivity contribution < 1.29 is 14.6 Å². The Morgan fingerprint density at radius 3 is 2.68 bits per heavy atom. The maximum absolute atomic E-state index is 11.4. The first-order valence-electron chi connectivity index (χ1n) is 8.37. The summed E-state index contributed by atoms with van der Waals surface area (Å²) < 4.78 is 5.28. The summed E-state index contributed by atoms with van der Waals surface area (Å²) in [6, 6.07) is 8.50. The summed E-state index contributed by atoms with van der Waals surface area (Å²) in [5.41, 5.74) is 2.62. The van der Waals surface area contributed by atoms with E-state index in [9.17, 15) is 9.90 Å². The lowest BCUT2D eigenvalue weighted by Gasteiger charge is -2.25. The summed E-state index contributed by atoms with van der Waals surface area (Å²) >= 11 is 0. The Bertz CT molecular complexity index is 543. The fraction of sp³-hybridized carbons (Fsp3) is 0.526. The lowest BCUT2D eigenvalue weighted by atomic mass is 9.82. The molecule has 3 heteroatoms. The van der Waals surface area contributed by atoms with Crippen molar-refractivity contribution in [2.24, 2.45) is 0 Å². The molecule has 2 unspecified atom stereocenters. The fourth-order valence-electron chi connectivity index (χ4n) is 3.59. The molecule has 118 valence electrons. The fourth-order valence-corrected chi connectivity index (χ4v) is 3.59. The highest BCUT2D eigenvalue weighted by Gasteiger charge is 2.25. The van der Waals surface area contributed by atoms with Gasteiger partial charge in [-0.2, -0.15) is 0 Å². The minimum atomic E-state index is -0.579. The largest absolute Gasteiger partial charge is 0.458 e. The second-order valence-corrected chi connectivity index (χ2v) is 6.44. The molecule has 0 radical (unpaired) electrons. The van der Waals surface area contributed by atoms with Crippen LogP contribution in [0.4, 0.5) is 0 Å². The molecule has 22 heavy (non-hydrogen) atoms. The Hall–Kier alpha value is -1.61. The zero-order valence-electron chi connectivity index (χ0n) is 12.9. The zero-order chi connectivity index (χ0) is 15.4. The number of hydrogen-bond acceptors (Lipinski definition) is 3. The van der Waals surface area contributed by atoms with Crippen LogP contribution in [0.25, 0.3) is 6.08 Å². The summed E-state index contributed by atoms with van der Waals surface area (Å²) in [7, 11) is 0. The first kappa shape index (κ1) is 15.3. The van der Waals surface area contributed by atoms with Crippen LogP contribution in [0.2, 0.25) is 0 Å². The monoisotopic (exact) mass is 300 g/mol. The molecule has 0 aromatic heterocycles. The van der Waals surface area contributed by atoms with Gasteiger partial charge in [-0.3, -0.25) is 4.79 Å². The van der Waals surface area contributed by atoms with Crippen LogP contribution in [0.1, 0.15) is 62.0 Å². The molecule has 3 rings (SSSR count). The highest BCUT2D eigenvalue weighted by Crippen LogP contribution is 2.34. The molecule has 2 aliphatic rings. The average Bonchev–Trinajstić information content (AvgIpc) is 2.53. The molecule has 0 amide bonds. The van der Waals surface area contributed by atoms with Crippen molar-refractivity contribution in [3.63, 3.8) is 0 Å². The van der Waals surface area contributed by atoms with Gasteiger partial charge in [-0.05, 0) is 36.0 Å². The highest BCUT2D eigenvalue weighted by atomic mass is 16.5. The van der Waals surface area contributed by atoms with Crippen LogP contribution in [0, 0.1) is 0 Å². The maximum atomic E-state index is 11.4. The number of hydrogen-bond donors (Lipinski definition) is 1. The number of esters is 1. The summed E-state index contributed by atoms with van der Waals surface area (Å²) in [5.74, 6) is 0.336. The number of rotatable bonds is 3. The van der Waals surface area contributed by atoms with Gasteiger partial charge in [-0.15, -0.1) is 0 Å². The van der Waals surface area contributed by atoms with E-state index in [4.69, 9.17) is 4.74 Å². The van der Waals surface area contributed by atoms with Crippen molar-refractivity contribution in [1.29, 1.82) is 0 Å². The lowest BCUT2D eigenvalue weighted by Crippen LogP contribution is -2.31. The molecule has 1 aromatic carbocycles.